The summed E-state index contributed by atoms with van der Waals surface area (Å²) in [6, 6.07) is 11.1. The van der Waals surface area contributed by atoms with E-state index in [-0.39, 0.29) is 24.6 Å². The van der Waals surface area contributed by atoms with Crippen LogP contribution >= 0.6 is 0 Å². The van der Waals surface area contributed by atoms with Crippen molar-refractivity contribution in [3.05, 3.63) is 60.4 Å². The third-order valence-corrected chi connectivity index (χ3v) is 5.87. The third-order valence-electron chi connectivity index (χ3n) is 3.75. The molecule has 27 heavy (non-hydrogen) atoms. The standard InChI is InChI=1S/C18H21N3O5S/c1-26-11-10-20-17(22)18(23)21-13-16(14-6-5-9-19-12-14)27(24,25)15-7-3-2-4-8-15/h2-9,12,16H,10-11,13H2,1H3,(H,20,22)(H,21,23)/t16-/m0/s1. The van der Waals surface area contributed by atoms with E-state index in [1.165, 1.54) is 31.6 Å². The molecule has 0 aliphatic rings. The second kappa shape index (κ2) is 9.79. The quantitative estimate of drug-likeness (QED) is 0.500. The fourth-order valence-electron chi connectivity index (χ4n) is 2.36. The number of methoxy groups -OCH3 is 1. The Bertz CT molecular complexity index is 857. The van der Waals surface area contributed by atoms with Gasteiger partial charge in [-0.2, -0.15) is 0 Å². The molecule has 8 nitrogen and oxygen atoms in total. The number of carbonyl (C=O) groups excluding carboxylic acids is 2. The van der Waals surface area contributed by atoms with Crippen LogP contribution in [0.2, 0.25) is 0 Å². The van der Waals surface area contributed by atoms with Gasteiger partial charge in [0, 0.05) is 32.6 Å². The maximum absolute atomic E-state index is 13.0. The molecule has 0 radical (unpaired) electrons. The summed E-state index contributed by atoms with van der Waals surface area (Å²) in [5, 5.41) is 3.69. The molecular weight excluding hydrogens is 370 g/mol. The highest BCUT2D eigenvalue weighted by molar-refractivity contribution is 7.91. The Morgan fingerprint density at radius 3 is 2.41 bits per heavy atom. The van der Waals surface area contributed by atoms with E-state index in [2.05, 4.69) is 15.6 Å². The average molecular weight is 391 g/mol. The van der Waals surface area contributed by atoms with Crippen LogP contribution in [0.15, 0.2) is 59.8 Å². The summed E-state index contributed by atoms with van der Waals surface area (Å²) in [6.45, 7) is 0.177. The van der Waals surface area contributed by atoms with Crippen LogP contribution in [0.25, 0.3) is 0 Å². The summed E-state index contributed by atoms with van der Waals surface area (Å²) in [5.41, 5.74) is 0.418. The van der Waals surface area contributed by atoms with Gasteiger partial charge in [0.15, 0.2) is 9.84 Å². The lowest BCUT2D eigenvalue weighted by atomic mass is 10.2. The van der Waals surface area contributed by atoms with Gasteiger partial charge in [-0.15, -0.1) is 0 Å². The molecule has 0 unspecified atom stereocenters. The van der Waals surface area contributed by atoms with Crippen LogP contribution in [0, 0.1) is 0 Å². The first-order valence-corrected chi connectivity index (χ1v) is 9.75. The molecule has 0 saturated carbocycles. The highest BCUT2D eigenvalue weighted by Gasteiger charge is 2.30. The maximum atomic E-state index is 13.0. The zero-order chi connectivity index (χ0) is 19.7. The molecule has 2 aromatic rings. The number of pyridine rings is 1. The van der Waals surface area contributed by atoms with Crippen molar-refractivity contribution in [2.24, 2.45) is 0 Å². The highest BCUT2D eigenvalue weighted by Crippen LogP contribution is 2.27. The number of hydrogen-bond acceptors (Lipinski definition) is 6. The van der Waals surface area contributed by atoms with Crippen molar-refractivity contribution in [1.29, 1.82) is 0 Å². The fraction of sp³-hybridized carbons (Fsp3) is 0.278. The van der Waals surface area contributed by atoms with Crippen LogP contribution in [-0.2, 0) is 24.2 Å². The van der Waals surface area contributed by atoms with Crippen molar-refractivity contribution in [3.8, 4) is 0 Å². The second-order valence-electron chi connectivity index (χ2n) is 5.59. The minimum absolute atomic E-state index is 0.123. The van der Waals surface area contributed by atoms with Gasteiger partial charge in [-0.25, -0.2) is 8.42 Å². The lowest BCUT2D eigenvalue weighted by Gasteiger charge is -2.18. The highest BCUT2D eigenvalue weighted by atomic mass is 32.2. The van der Waals surface area contributed by atoms with E-state index < -0.39 is 26.9 Å². The molecule has 0 saturated heterocycles. The molecule has 0 aliphatic heterocycles. The molecule has 144 valence electrons. The molecule has 0 aliphatic carbocycles. The van der Waals surface area contributed by atoms with Gasteiger partial charge in [0.25, 0.3) is 0 Å². The summed E-state index contributed by atoms with van der Waals surface area (Å²) in [5.74, 6) is -1.77. The van der Waals surface area contributed by atoms with Gasteiger partial charge in [0.2, 0.25) is 0 Å². The van der Waals surface area contributed by atoms with Crippen molar-refractivity contribution in [1.82, 2.24) is 15.6 Å². The van der Waals surface area contributed by atoms with E-state index in [0.29, 0.717) is 5.56 Å². The summed E-state index contributed by atoms with van der Waals surface area (Å²) in [7, 11) is -2.33. The first kappa shape index (κ1) is 20.5. The summed E-state index contributed by atoms with van der Waals surface area (Å²) in [4.78, 5) is 27.8. The Balaban J connectivity index is 2.18. The van der Waals surface area contributed by atoms with Crippen LogP contribution < -0.4 is 10.6 Å². The predicted octanol–water partition coefficient (Wildman–Crippen LogP) is 0.475. The maximum Gasteiger partial charge on any atom is 0.309 e. The molecule has 2 amide bonds. The minimum atomic E-state index is -3.80. The molecule has 1 aromatic carbocycles. The van der Waals surface area contributed by atoms with Crippen molar-refractivity contribution in [2.45, 2.75) is 10.1 Å². The third kappa shape index (κ3) is 5.60. The molecular formula is C18H21N3O5S. The van der Waals surface area contributed by atoms with E-state index in [1.807, 2.05) is 0 Å². The van der Waals surface area contributed by atoms with E-state index >= 15 is 0 Å². The smallest absolute Gasteiger partial charge is 0.309 e. The largest absolute Gasteiger partial charge is 0.383 e. The van der Waals surface area contributed by atoms with Gasteiger partial charge in [0.1, 0.15) is 5.25 Å². The lowest BCUT2D eigenvalue weighted by Crippen LogP contribution is -2.43. The van der Waals surface area contributed by atoms with Crippen LogP contribution in [0.4, 0.5) is 0 Å². The Morgan fingerprint density at radius 2 is 1.78 bits per heavy atom. The number of carbonyl (C=O) groups is 2. The van der Waals surface area contributed by atoms with Crippen LogP contribution in [0.3, 0.4) is 0 Å². The van der Waals surface area contributed by atoms with E-state index in [1.54, 1.807) is 30.3 Å². The number of benzene rings is 1. The van der Waals surface area contributed by atoms with Gasteiger partial charge in [0.05, 0.1) is 11.5 Å². The number of sulfone groups is 1. The topological polar surface area (TPSA) is 114 Å². The molecule has 2 rings (SSSR count). The number of ether oxygens (including phenoxy) is 1. The van der Waals surface area contributed by atoms with Crippen LogP contribution in [0.1, 0.15) is 10.8 Å². The molecule has 1 aromatic heterocycles. The summed E-state index contributed by atoms with van der Waals surface area (Å²) >= 11 is 0. The SMILES string of the molecule is COCCNC(=O)C(=O)NC[C@@H](c1cccnc1)S(=O)(=O)c1ccccc1. The Kier molecular flexibility index (Phi) is 7.44. The molecule has 0 fully saturated rings. The zero-order valence-corrected chi connectivity index (χ0v) is 15.6. The Hall–Kier alpha value is -2.78. The molecule has 9 heteroatoms. The van der Waals surface area contributed by atoms with Gasteiger partial charge in [-0.3, -0.25) is 14.6 Å². The van der Waals surface area contributed by atoms with E-state index in [0.717, 1.165) is 0 Å². The lowest BCUT2D eigenvalue weighted by molar-refractivity contribution is -0.139. The number of amides is 2. The van der Waals surface area contributed by atoms with E-state index in [9.17, 15) is 18.0 Å². The number of nitrogens with zero attached hydrogens (tertiary/aromatic N) is 1. The molecule has 2 N–H and O–H groups in total. The number of aromatic nitrogens is 1. The van der Waals surface area contributed by atoms with E-state index in [4.69, 9.17) is 4.74 Å². The number of nitrogens with one attached hydrogen (secondary N) is 2. The van der Waals surface area contributed by atoms with Crippen molar-refractivity contribution in [3.63, 3.8) is 0 Å². The van der Waals surface area contributed by atoms with Crippen LogP contribution in [0.5, 0.6) is 0 Å². The van der Waals surface area contributed by atoms with Crippen molar-refractivity contribution in [2.75, 3.05) is 26.8 Å². The summed E-state index contributed by atoms with van der Waals surface area (Å²) < 4.78 is 30.8. The monoisotopic (exact) mass is 391 g/mol. The molecule has 0 bridgehead atoms. The Morgan fingerprint density at radius 1 is 1.07 bits per heavy atom. The van der Waals surface area contributed by atoms with Gasteiger partial charge in [-0.05, 0) is 23.8 Å². The van der Waals surface area contributed by atoms with Gasteiger partial charge >= 0.3 is 11.8 Å². The van der Waals surface area contributed by atoms with Crippen molar-refractivity contribution < 1.29 is 22.7 Å². The Labute approximate surface area is 157 Å². The van der Waals surface area contributed by atoms with Crippen molar-refractivity contribution >= 4 is 21.7 Å². The molecule has 1 heterocycles. The predicted molar refractivity (Wildman–Crippen MR) is 98.5 cm³/mol. The summed E-state index contributed by atoms with van der Waals surface area (Å²) in [6.07, 6.45) is 2.95. The average Bonchev–Trinajstić information content (AvgIpc) is 2.69. The van der Waals surface area contributed by atoms with Gasteiger partial charge < -0.3 is 15.4 Å². The second-order valence-corrected chi connectivity index (χ2v) is 7.72. The first-order valence-electron chi connectivity index (χ1n) is 8.20. The molecule has 1 atom stereocenters. The molecule has 0 spiro atoms. The van der Waals surface area contributed by atoms with Gasteiger partial charge in [-0.1, -0.05) is 24.3 Å². The normalized spacial score (nSPS) is 12.2. The zero-order valence-electron chi connectivity index (χ0n) is 14.8. The first-order chi connectivity index (χ1) is 13.0. The van der Waals surface area contributed by atoms with Crippen LogP contribution in [-0.4, -0.2) is 52.0 Å². The minimum Gasteiger partial charge on any atom is -0.383 e. The number of rotatable bonds is 8. The fourth-order valence-corrected chi connectivity index (χ4v) is 4.03. The number of hydrogen-bond donors (Lipinski definition) is 2.